The second kappa shape index (κ2) is 4.31. The van der Waals surface area contributed by atoms with Crippen LogP contribution in [-0.2, 0) is 6.54 Å². The van der Waals surface area contributed by atoms with E-state index in [4.69, 9.17) is 0 Å². The Kier molecular flexibility index (Phi) is 2.86. The van der Waals surface area contributed by atoms with E-state index in [0.717, 1.165) is 4.88 Å². The molecule has 0 aliphatic heterocycles. The summed E-state index contributed by atoms with van der Waals surface area (Å²) >= 11 is 1.60. The van der Waals surface area contributed by atoms with Gasteiger partial charge in [0.25, 0.3) is 5.56 Å². The van der Waals surface area contributed by atoms with Crippen LogP contribution in [0.1, 0.15) is 10.4 Å². The lowest BCUT2D eigenvalue weighted by atomic mass is 10.3. The fraction of sp³-hybridized carbons (Fsp3) is 0.222. The number of nitrogens with one attached hydrogen (secondary N) is 3. The van der Waals surface area contributed by atoms with E-state index in [0.29, 0.717) is 6.54 Å². The lowest BCUT2D eigenvalue weighted by molar-refractivity contribution is 0.884. The first-order chi connectivity index (χ1) is 7.66. The minimum Gasteiger partial charge on any atom is -0.359 e. The summed E-state index contributed by atoms with van der Waals surface area (Å²) in [7, 11) is 0. The van der Waals surface area contributed by atoms with Gasteiger partial charge >= 0.3 is 5.69 Å². The Bertz CT molecular complexity index is 598. The standard InChI is InChI=1S/C9H10N4O2S/c1-5-2-3-16-6(5)4-10-7-8(14)11-9(15)13-12-7/h2-3H,4H2,1H3,(H,10,12)(H2,11,13,14,15). The minimum absolute atomic E-state index is 0.118. The number of aromatic amines is 2. The van der Waals surface area contributed by atoms with Crippen molar-refractivity contribution in [1.29, 1.82) is 0 Å². The molecule has 0 saturated heterocycles. The van der Waals surface area contributed by atoms with Crippen molar-refractivity contribution in [3.05, 3.63) is 42.7 Å². The Morgan fingerprint density at radius 1 is 1.50 bits per heavy atom. The molecule has 0 amide bonds. The molecule has 0 fully saturated rings. The minimum atomic E-state index is -0.608. The quantitative estimate of drug-likeness (QED) is 0.723. The van der Waals surface area contributed by atoms with Crippen LogP contribution >= 0.6 is 11.3 Å². The normalized spacial score (nSPS) is 10.3. The second-order valence-corrected chi connectivity index (χ2v) is 4.24. The van der Waals surface area contributed by atoms with Crippen molar-refractivity contribution in [2.45, 2.75) is 13.5 Å². The van der Waals surface area contributed by atoms with Crippen molar-refractivity contribution in [2.24, 2.45) is 0 Å². The van der Waals surface area contributed by atoms with Gasteiger partial charge in [0, 0.05) is 4.88 Å². The van der Waals surface area contributed by atoms with Gasteiger partial charge in [-0.05, 0) is 23.9 Å². The van der Waals surface area contributed by atoms with Crippen LogP contribution in [0.2, 0.25) is 0 Å². The number of hydrogen-bond acceptors (Lipinski definition) is 5. The summed E-state index contributed by atoms with van der Waals surface area (Å²) in [5.74, 6) is 0.118. The van der Waals surface area contributed by atoms with E-state index >= 15 is 0 Å². The molecule has 0 unspecified atom stereocenters. The monoisotopic (exact) mass is 238 g/mol. The number of thiophene rings is 1. The number of H-pyrrole nitrogens is 2. The average Bonchev–Trinajstić information content (AvgIpc) is 2.63. The molecule has 0 saturated carbocycles. The highest BCUT2D eigenvalue weighted by molar-refractivity contribution is 7.10. The molecule has 2 heterocycles. The zero-order valence-corrected chi connectivity index (χ0v) is 9.35. The molecular formula is C9H10N4O2S. The predicted octanol–water partition coefficient (Wildman–Crippen LogP) is 0.440. The number of rotatable bonds is 3. The molecule has 0 atom stereocenters. The number of aryl methyl sites for hydroxylation is 1. The number of hydrogen-bond donors (Lipinski definition) is 3. The third kappa shape index (κ3) is 2.19. The van der Waals surface area contributed by atoms with Gasteiger partial charge in [-0.25, -0.2) is 9.89 Å². The predicted molar refractivity (Wildman–Crippen MR) is 61.9 cm³/mol. The summed E-state index contributed by atoms with van der Waals surface area (Å²) in [6.45, 7) is 2.52. The van der Waals surface area contributed by atoms with Crippen LogP contribution in [0, 0.1) is 6.92 Å². The van der Waals surface area contributed by atoms with Gasteiger partial charge in [0.1, 0.15) is 0 Å². The van der Waals surface area contributed by atoms with Crippen molar-refractivity contribution < 1.29 is 0 Å². The van der Waals surface area contributed by atoms with E-state index in [1.54, 1.807) is 11.3 Å². The molecule has 16 heavy (non-hydrogen) atoms. The van der Waals surface area contributed by atoms with Gasteiger partial charge in [-0.3, -0.25) is 9.78 Å². The van der Waals surface area contributed by atoms with Gasteiger partial charge in [-0.2, -0.15) is 0 Å². The number of anilines is 1. The summed E-state index contributed by atoms with van der Waals surface area (Å²) in [6.07, 6.45) is 0. The molecule has 0 spiro atoms. The Labute approximate surface area is 94.4 Å². The Morgan fingerprint density at radius 3 is 2.94 bits per heavy atom. The summed E-state index contributed by atoms with van der Waals surface area (Å²) in [4.78, 5) is 25.2. The van der Waals surface area contributed by atoms with Crippen molar-refractivity contribution in [1.82, 2.24) is 15.2 Å². The molecule has 2 aromatic rings. The van der Waals surface area contributed by atoms with E-state index in [1.165, 1.54) is 5.56 Å². The van der Waals surface area contributed by atoms with E-state index in [9.17, 15) is 9.59 Å². The van der Waals surface area contributed by atoms with Gasteiger partial charge in [0.05, 0.1) is 6.54 Å². The number of nitrogens with zero attached hydrogens (tertiary/aromatic N) is 1. The molecule has 2 aromatic heterocycles. The van der Waals surface area contributed by atoms with E-state index in [2.05, 4.69) is 20.5 Å². The molecular weight excluding hydrogens is 228 g/mol. The van der Waals surface area contributed by atoms with E-state index in [1.807, 2.05) is 18.4 Å². The fourth-order valence-corrected chi connectivity index (χ4v) is 2.06. The van der Waals surface area contributed by atoms with Crippen molar-refractivity contribution in [3.8, 4) is 0 Å². The average molecular weight is 238 g/mol. The smallest absolute Gasteiger partial charge is 0.342 e. The zero-order chi connectivity index (χ0) is 11.5. The van der Waals surface area contributed by atoms with Crippen LogP contribution in [-0.4, -0.2) is 15.2 Å². The first-order valence-electron chi connectivity index (χ1n) is 4.62. The number of aromatic nitrogens is 3. The Morgan fingerprint density at radius 2 is 2.31 bits per heavy atom. The van der Waals surface area contributed by atoms with Crippen molar-refractivity contribution in [2.75, 3.05) is 5.32 Å². The van der Waals surface area contributed by atoms with Crippen LogP contribution in [0.25, 0.3) is 0 Å². The van der Waals surface area contributed by atoms with Gasteiger partial charge in [-0.1, -0.05) is 0 Å². The highest BCUT2D eigenvalue weighted by atomic mass is 32.1. The maximum absolute atomic E-state index is 11.3. The van der Waals surface area contributed by atoms with Gasteiger partial charge < -0.3 is 5.32 Å². The SMILES string of the molecule is Cc1ccsc1CNc1n[nH]c(=O)[nH]c1=O. The maximum Gasteiger partial charge on any atom is 0.342 e. The molecule has 7 heteroatoms. The largest absolute Gasteiger partial charge is 0.359 e. The second-order valence-electron chi connectivity index (χ2n) is 3.24. The molecule has 0 aromatic carbocycles. The van der Waals surface area contributed by atoms with Crippen molar-refractivity contribution >= 4 is 17.2 Å². The van der Waals surface area contributed by atoms with Crippen LogP contribution in [0.4, 0.5) is 5.82 Å². The lowest BCUT2D eigenvalue weighted by Gasteiger charge is -2.02. The zero-order valence-electron chi connectivity index (χ0n) is 8.53. The lowest BCUT2D eigenvalue weighted by Crippen LogP contribution is -2.26. The fourth-order valence-electron chi connectivity index (χ4n) is 1.22. The van der Waals surface area contributed by atoms with Crippen LogP contribution in [0.5, 0.6) is 0 Å². The van der Waals surface area contributed by atoms with Gasteiger partial charge in [-0.15, -0.1) is 16.4 Å². The molecule has 6 nitrogen and oxygen atoms in total. The first-order valence-corrected chi connectivity index (χ1v) is 5.50. The summed E-state index contributed by atoms with van der Waals surface area (Å²) in [5.41, 5.74) is 0.0409. The van der Waals surface area contributed by atoms with Crippen LogP contribution in [0.3, 0.4) is 0 Å². The van der Waals surface area contributed by atoms with E-state index < -0.39 is 11.2 Å². The maximum atomic E-state index is 11.3. The van der Waals surface area contributed by atoms with Gasteiger partial charge in [0.15, 0.2) is 0 Å². The topological polar surface area (TPSA) is 90.6 Å². The van der Waals surface area contributed by atoms with Gasteiger partial charge in [0.2, 0.25) is 5.82 Å². The molecule has 0 aliphatic rings. The van der Waals surface area contributed by atoms with Crippen LogP contribution < -0.4 is 16.6 Å². The molecule has 3 N–H and O–H groups in total. The molecule has 0 aliphatic carbocycles. The van der Waals surface area contributed by atoms with E-state index in [-0.39, 0.29) is 5.82 Å². The molecule has 84 valence electrons. The third-order valence-electron chi connectivity index (χ3n) is 2.10. The first kappa shape index (κ1) is 10.6. The summed E-state index contributed by atoms with van der Waals surface area (Å²) in [5, 5.41) is 10.6. The summed E-state index contributed by atoms with van der Waals surface area (Å²) in [6, 6.07) is 2.01. The highest BCUT2D eigenvalue weighted by Crippen LogP contribution is 2.15. The highest BCUT2D eigenvalue weighted by Gasteiger charge is 2.03. The molecule has 2 rings (SSSR count). The molecule has 0 radical (unpaired) electrons. The summed E-state index contributed by atoms with van der Waals surface area (Å²) < 4.78 is 0. The van der Waals surface area contributed by atoms with Crippen LogP contribution in [0.15, 0.2) is 21.0 Å². The Balaban J connectivity index is 2.14. The van der Waals surface area contributed by atoms with Crippen molar-refractivity contribution in [3.63, 3.8) is 0 Å². The Hall–Kier alpha value is -1.89. The molecule has 0 bridgehead atoms. The third-order valence-corrected chi connectivity index (χ3v) is 3.12.